The van der Waals surface area contributed by atoms with Crippen molar-refractivity contribution >= 4 is 22.6 Å². The molecule has 0 aliphatic rings. The van der Waals surface area contributed by atoms with E-state index in [0.717, 1.165) is 17.1 Å². The molecule has 1 heterocycles. The smallest absolute Gasteiger partial charge is 0.257 e. The summed E-state index contributed by atoms with van der Waals surface area (Å²) in [5.41, 5.74) is 2.65. The summed E-state index contributed by atoms with van der Waals surface area (Å²) in [6.45, 7) is 2.03. The van der Waals surface area contributed by atoms with E-state index in [2.05, 4.69) is 14.7 Å². The number of aryl methyl sites for hydroxylation is 1. The summed E-state index contributed by atoms with van der Waals surface area (Å²) in [6.07, 6.45) is 0. The molecule has 23 heavy (non-hydrogen) atoms. The highest BCUT2D eigenvalue weighted by Gasteiger charge is 2.11. The van der Waals surface area contributed by atoms with Gasteiger partial charge in [-0.3, -0.25) is 10.1 Å². The van der Waals surface area contributed by atoms with Gasteiger partial charge in [-0.05, 0) is 31.2 Å². The highest BCUT2D eigenvalue weighted by atomic mass is 32.1. The van der Waals surface area contributed by atoms with Crippen LogP contribution in [0, 0.1) is 6.92 Å². The van der Waals surface area contributed by atoms with Crippen LogP contribution in [0.25, 0.3) is 11.4 Å². The van der Waals surface area contributed by atoms with Crippen LogP contribution in [0.4, 0.5) is 5.13 Å². The number of anilines is 1. The number of nitrogens with one attached hydrogen (secondary N) is 1. The lowest BCUT2D eigenvalue weighted by molar-refractivity contribution is 0.102. The first-order chi connectivity index (χ1) is 11.2. The third-order valence-corrected chi connectivity index (χ3v) is 3.94. The number of carbonyl (C=O) groups excluding carboxylic acids is 1. The number of carbonyl (C=O) groups is 1. The molecule has 0 bridgehead atoms. The summed E-state index contributed by atoms with van der Waals surface area (Å²) >= 11 is 1.16. The Balaban J connectivity index is 1.73. The predicted molar refractivity (Wildman–Crippen MR) is 91.0 cm³/mol. The highest BCUT2D eigenvalue weighted by Crippen LogP contribution is 2.22. The van der Waals surface area contributed by atoms with Gasteiger partial charge in [-0.1, -0.05) is 29.8 Å². The van der Waals surface area contributed by atoms with E-state index in [1.54, 1.807) is 31.4 Å². The van der Waals surface area contributed by atoms with Crippen molar-refractivity contribution < 1.29 is 9.53 Å². The Bertz CT molecular complexity index is 811. The third-order valence-electron chi connectivity index (χ3n) is 3.31. The lowest BCUT2D eigenvalue weighted by Crippen LogP contribution is -2.11. The first-order valence-corrected chi connectivity index (χ1v) is 7.79. The molecule has 0 aliphatic carbocycles. The van der Waals surface area contributed by atoms with Gasteiger partial charge in [0.2, 0.25) is 5.13 Å². The van der Waals surface area contributed by atoms with Crippen molar-refractivity contribution in [3.05, 3.63) is 59.7 Å². The Hall–Kier alpha value is -2.73. The number of benzene rings is 2. The molecule has 1 aromatic heterocycles. The molecule has 0 saturated heterocycles. The van der Waals surface area contributed by atoms with Crippen LogP contribution in [0.3, 0.4) is 0 Å². The van der Waals surface area contributed by atoms with Crippen LogP contribution in [-0.4, -0.2) is 22.4 Å². The van der Waals surface area contributed by atoms with E-state index >= 15 is 0 Å². The van der Waals surface area contributed by atoms with E-state index in [4.69, 9.17) is 4.74 Å². The first kappa shape index (κ1) is 15.2. The molecule has 0 atom stereocenters. The Morgan fingerprint density at radius 1 is 1.09 bits per heavy atom. The van der Waals surface area contributed by atoms with Crippen LogP contribution < -0.4 is 10.1 Å². The summed E-state index contributed by atoms with van der Waals surface area (Å²) < 4.78 is 9.36. The van der Waals surface area contributed by atoms with Crippen LogP contribution in [0.15, 0.2) is 48.5 Å². The summed E-state index contributed by atoms with van der Waals surface area (Å²) in [4.78, 5) is 16.6. The average Bonchev–Trinajstić information content (AvgIpc) is 3.04. The second-order valence-electron chi connectivity index (χ2n) is 4.97. The number of methoxy groups -OCH3 is 1. The van der Waals surface area contributed by atoms with Crippen LogP contribution in [0.2, 0.25) is 0 Å². The number of nitrogens with zero attached hydrogens (tertiary/aromatic N) is 2. The lowest BCUT2D eigenvalue weighted by Gasteiger charge is -2.03. The minimum atomic E-state index is -0.223. The average molecular weight is 325 g/mol. The molecule has 116 valence electrons. The van der Waals surface area contributed by atoms with Crippen LogP contribution in [-0.2, 0) is 0 Å². The van der Waals surface area contributed by atoms with Gasteiger partial charge >= 0.3 is 0 Å². The van der Waals surface area contributed by atoms with Crippen molar-refractivity contribution in [2.45, 2.75) is 6.92 Å². The summed E-state index contributed by atoms with van der Waals surface area (Å²) in [5, 5.41) is 3.24. The normalized spacial score (nSPS) is 10.3. The zero-order valence-corrected chi connectivity index (χ0v) is 13.6. The molecule has 0 spiro atoms. The molecule has 3 rings (SSSR count). The molecule has 0 fully saturated rings. The second-order valence-corrected chi connectivity index (χ2v) is 5.72. The van der Waals surface area contributed by atoms with E-state index in [0.29, 0.717) is 22.3 Å². The summed E-state index contributed by atoms with van der Waals surface area (Å²) in [6, 6.07) is 14.8. The summed E-state index contributed by atoms with van der Waals surface area (Å²) in [7, 11) is 1.59. The van der Waals surface area contributed by atoms with Gasteiger partial charge in [0.15, 0.2) is 5.82 Å². The zero-order chi connectivity index (χ0) is 16.2. The monoisotopic (exact) mass is 325 g/mol. The number of hydrogen-bond acceptors (Lipinski definition) is 5. The molecule has 0 radical (unpaired) electrons. The maximum Gasteiger partial charge on any atom is 0.257 e. The van der Waals surface area contributed by atoms with E-state index in [1.165, 1.54) is 5.56 Å². The van der Waals surface area contributed by atoms with Gasteiger partial charge in [0.05, 0.1) is 7.11 Å². The Labute approximate surface area is 138 Å². The Morgan fingerprint density at radius 2 is 1.78 bits per heavy atom. The van der Waals surface area contributed by atoms with Crippen LogP contribution in [0.1, 0.15) is 15.9 Å². The minimum Gasteiger partial charge on any atom is -0.497 e. The van der Waals surface area contributed by atoms with E-state index in [1.807, 2.05) is 31.2 Å². The molecule has 0 unspecified atom stereocenters. The molecule has 3 aromatic rings. The summed E-state index contributed by atoms with van der Waals surface area (Å²) in [5.74, 6) is 1.10. The lowest BCUT2D eigenvalue weighted by atomic mass is 10.1. The molecule has 0 aliphatic heterocycles. The largest absolute Gasteiger partial charge is 0.497 e. The van der Waals surface area contributed by atoms with E-state index in [9.17, 15) is 4.79 Å². The molecular weight excluding hydrogens is 310 g/mol. The topological polar surface area (TPSA) is 64.1 Å². The Morgan fingerprint density at radius 3 is 2.43 bits per heavy atom. The van der Waals surface area contributed by atoms with Gasteiger partial charge in [0.1, 0.15) is 5.75 Å². The standard InChI is InChI=1S/C17H15N3O2S/c1-11-3-5-12(6-4-11)15-18-17(23-20-15)19-16(21)13-7-9-14(22-2)10-8-13/h3-10H,1-2H3,(H,18,19,20,21). The van der Waals surface area contributed by atoms with Gasteiger partial charge in [-0.25, -0.2) is 0 Å². The third kappa shape index (κ3) is 3.54. The van der Waals surface area contributed by atoms with Gasteiger partial charge in [0, 0.05) is 22.7 Å². The van der Waals surface area contributed by atoms with Crippen LogP contribution in [0.5, 0.6) is 5.75 Å². The molecule has 5 nitrogen and oxygen atoms in total. The van der Waals surface area contributed by atoms with E-state index in [-0.39, 0.29) is 5.91 Å². The van der Waals surface area contributed by atoms with Crippen molar-refractivity contribution in [1.82, 2.24) is 9.36 Å². The van der Waals surface area contributed by atoms with Crippen molar-refractivity contribution in [2.75, 3.05) is 12.4 Å². The van der Waals surface area contributed by atoms with Crippen LogP contribution >= 0.6 is 11.5 Å². The quantitative estimate of drug-likeness (QED) is 0.793. The van der Waals surface area contributed by atoms with Gasteiger partial charge in [0.25, 0.3) is 5.91 Å². The maximum atomic E-state index is 12.2. The molecular formula is C17H15N3O2S. The molecule has 1 amide bonds. The highest BCUT2D eigenvalue weighted by molar-refractivity contribution is 7.10. The second kappa shape index (κ2) is 6.58. The number of aromatic nitrogens is 2. The fourth-order valence-corrected chi connectivity index (χ4v) is 2.59. The maximum absolute atomic E-state index is 12.2. The fourth-order valence-electron chi connectivity index (χ4n) is 2.01. The Kier molecular flexibility index (Phi) is 4.34. The van der Waals surface area contributed by atoms with Gasteiger partial charge < -0.3 is 4.74 Å². The van der Waals surface area contributed by atoms with Crippen molar-refractivity contribution in [2.24, 2.45) is 0 Å². The van der Waals surface area contributed by atoms with Crippen molar-refractivity contribution in [1.29, 1.82) is 0 Å². The SMILES string of the molecule is COc1ccc(C(=O)Nc2nc(-c3ccc(C)cc3)ns2)cc1. The predicted octanol–water partition coefficient (Wildman–Crippen LogP) is 3.77. The molecule has 2 aromatic carbocycles. The van der Waals surface area contributed by atoms with Gasteiger partial charge in [-0.15, -0.1) is 0 Å². The van der Waals surface area contributed by atoms with Crippen molar-refractivity contribution in [3.63, 3.8) is 0 Å². The number of ether oxygens (including phenoxy) is 1. The van der Waals surface area contributed by atoms with Gasteiger partial charge in [-0.2, -0.15) is 9.36 Å². The van der Waals surface area contributed by atoms with Crippen molar-refractivity contribution in [3.8, 4) is 17.1 Å². The zero-order valence-electron chi connectivity index (χ0n) is 12.7. The molecule has 1 N–H and O–H groups in total. The molecule has 0 saturated carbocycles. The number of amides is 1. The first-order valence-electron chi connectivity index (χ1n) is 7.02. The molecule has 6 heteroatoms. The number of rotatable bonds is 4. The minimum absolute atomic E-state index is 0.223. The fraction of sp³-hybridized carbons (Fsp3) is 0.118. The van der Waals surface area contributed by atoms with E-state index < -0.39 is 0 Å². The number of hydrogen-bond donors (Lipinski definition) is 1.